The molecule has 2 aromatic heterocycles. The van der Waals surface area contributed by atoms with Crippen molar-refractivity contribution in [2.45, 2.75) is 32.0 Å². The van der Waals surface area contributed by atoms with Gasteiger partial charge in [0.2, 0.25) is 0 Å². The molecule has 3 aromatic rings. The molecular formula is C25H24ClF4N5. The van der Waals surface area contributed by atoms with Gasteiger partial charge < -0.3 is 4.90 Å². The van der Waals surface area contributed by atoms with E-state index in [1.54, 1.807) is 12.3 Å². The summed E-state index contributed by atoms with van der Waals surface area (Å²) in [6, 6.07) is 10.3. The van der Waals surface area contributed by atoms with Crippen molar-refractivity contribution in [3.63, 3.8) is 0 Å². The standard InChI is InChI=1S/C25H24ClF4N5/c26-20-6-5-18(27)13-22(20)35(23-4-2-10-32-33-23)15-17-14-24(17)7-11-34(12-8-24)16-21-19(25(28,29)30)3-1-9-31-21/h1-6,9-10,13,17H,7-8,11-12,14-16H2. The van der Waals surface area contributed by atoms with Gasteiger partial charge in [-0.25, -0.2) is 4.39 Å². The number of nitrogens with zero attached hydrogens (tertiary/aromatic N) is 5. The lowest BCUT2D eigenvalue weighted by Gasteiger charge is -2.34. The first kappa shape index (κ1) is 23.9. The van der Waals surface area contributed by atoms with Crippen LogP contribution in [0.1, 0.15) is 30.5 Å². The van der Waals surface area contributed by atoms with E-state index in [0.29, 0.717) is 42.1 Å². The van der Waals surface area contributed by atoms with E-state index in [9.17, 15) is 17.6 Å². The number of likely N-dealkylation sites (tertiary alicyclic amines) is 1. The fourth-order valence-corrected chi connectivity index (χ4v) is 5.38. The van der Waals surface area contributed by atoms with Gasteiger partial charge >= 0.3 is 6.18 Å². The zero-order chi connectivity index (χ0) is 24.6. The van der Waals surface area contributed by atoms with E-state index in [0.717, 1.165) is 25.3 Å². The molecule has 5 nitrogen and oxygen atoms in total. The molecule has 2 aliphatic rings. The molecular weight excluding hydrogens is 482 g/mol. The van der Waals surface area contributed by atoms with E-state index in [2.05, 4.69) is 15.2 Å². The first-order valence-corrected chi connectivity index (χ1v) is 11.9. The van der Waals surface area contributed by atoms with E-state index in [-0.39, 0.29) is 23.5 Å². The number of benzene rings is 1. The maximum absolute atomic E-state index is 14.0. The van der Waals surface area contributed by atoms with Crippen LogP contribution in [-0.2, 0) is 12.7 Å². The lowest BCUT2D eigenvalue weighted by atomic mass is 9.90. The van der Waals surface area contributed by atoms with Crippen molar-refractivity contribution in [1.82, 2.24) is 20.1 Å². The molecule has 1 spiro atoms. The molecule has 5 rings (SSSR count). The fourth-order valence-electron chi connectivity index (χ4n) is 5.16. The van der Waals surface area contributed by atoms with Gasteiger partial charge in [-0.3, -0.25) is 9.88 Å². The highest BCUT2D eigenvalue weighted by Crippen LogP contribution is 2.60. The molecule has 1 atom stereocenters. The zero-order valence-corrected chi connectivity index (χ0v) is 19.6. The van der Waals surface area contributed by atoms with Gasteiger partial charge in [-0.2, -0.15) is 18.3 Å². The second-order valence-corrected chi connectivity index (χ2v) is 9.73. The molecule has 3 heterocycles. The molecule has 10 heteroatoms. The van der Waals surface area contributed by atoms with Crippen molar-refractivity contribution in [2.24, 2.45) is 11.3 Å². The molecule has 2 fully saturated rings. The number of aromatic nitrogens is 3. The molecule has 35 heavy (non-hydrogen) atoms. The smallest absolute Gasteiger partial charge is 0.323 e. The minimum atomic E-state index is -4.41. The van der Waals surface area contributed by atoms with E-state index in [4.69, 9.17) is 11.6 Å². The molecule has 1 unspecified atom stereocenters. The minimum Gasteiger partial charge on any atom is -0.323 e. The Kier molecular flexibility index (Phi) is 6.40. The number of piperidine rings is 1. The molecule has 0 N–H and O–H groups in total. The summed E-state index contributed by atoms with van der Waals surface area (Å²) in [5, 5.41) is 8.61. The number of alkyl halides is 3. The maximum Gasteiger partial charge on any atom is 0.418 e. The molecule has 0 amide bonds. The number of pyridine rings is 1. The first-order valence-electron chi connectivity index (χ1n) is 11.5. The lowest BCUT2D eigenvalue weighted by molar-refractivity contribution is -0.138. The summed E-state index contributed by atoms with van der Waals surface area (Å²) in [5.74, 6) is 0.547. The zero-order valence-electron chi connectivity index (χ0n) is 18.8. The van der Waals surface area contributed by atoms with Crippen molar-refractivity contribution >= 4 is 23.1 Å². The molecule has 184 valence electrons. The van der Waals surface area contributed by atoms with Crippen LogP contribution in [0.5, 0.6) is 0 Å². The van der Waals surface area contributed by atoms with Crippen molar-refractivity contribution in [2.75, 3.05) is 24.5 Å². The van der Waals surface area contributed by atoms with E-state index in [1.807, 2.05) is 15.9 Å². The van der Waals surface area contributed by atoms with Crippen molar-refractivity contribution < 1.29 is 17.6 Å². The Balaban J connectivity index is 1.27. The fraction of sp³-hybridized carbons (Fsp3) is 0.400. The average Bonchev–Trinajstić information content (AvgIpc) is 3.52. The largest absolute Gasteiger partial charge is 0.418 e. The SMILES string of the molecule is Fc1ccc(Cl)c(N(CC2CC23CCN(Cc2ncccc2C(F)(F)F)CC3)c2cccnn2)c1. The molecule has 1 aromatic carbocycles. The van der Waals surface area contributed by atoms with Crippen LogP contribution in [0.2, 0.25) is 5.02 Å². The van der Waals surface area contributed by atoms with Crippen LogP contribution < -0.4 is 4.90 Å². The third kappa shape index (κ3) is 5.11. The third-order valence-corrected chi connectivity index (χ3v) is 7.54. The van der Waals surface area contributed by atoms with Gasteiger partial charge in [0, 0.05) is 25.5 Å². The summed E-state index contributed by atoms with van der Waals surface area (Å²) in [7, 11) is 0. The van der Waals surface area contributed by atoms with Crippen molar-refractivity contribution in [1.29, 1.82) is 0 Å². The van der Waals surface area contributed by atoms with Gasteiger partial charge in [0.15, 0.2) is 5.82 Å². The quantitative estimate of drug-likeness (QED) is 0.377. The molecule has 1 saturated heterocycles. The van der Waals surface area contributed by atoms with E-state index >= 15 is 0 Å². The Hall–Kier alpha value is -2.78. The summed E-state index contributed by atoms with van der Waals surface area (Å²) in [5.41, 5.74) is 0.0591. The Morgan fingerprint density at radius 3 is 2.57 bits per heavy atom. The summed E-state index contributed by atoms with van der Waals surface area (Å²) in [6.07, 6.45) is 1.35. The first-order chi connectivity index (χ1) is 16.7. The summed E-state index contributed by atoms with van der Waals surface area (Å²) in [4.78, 5) is 7.96. The molecule has 0 bridgehead atoms. The van der Waals surface area contributed by atoms with Gasteiger partial charge in [-0.1, -0.05) is 11.6 Å². The third-order valence-electron chi connectivity index (χ3n) is 7.22. The normalized spacial score (nSPS) is 19.6. The van der Waals surface area contributed by atoms with Crippen LogP contribution in [0.3, 0.4) is 0 Å². The van der Waals surface area contributed by atoms with E-state index in [1.165, 1.54) is 30.5 Å². The summed E-state index contributed by atoms with van der Waals surface area (Å²) >= 11 is 6.41. The predicted molar refractivity (Wildman–Crippen MR) is 125 cm³/mol. The monoisotopic (exact) mass is 505 g/mol. The van der Waals surface area contributed by atoms with Gasteiger partial charge in [-0.05, 0) is 86.1 Å². The minimum absolute atomic E-state index is 0.0675. The van der Waals surface area contributed by atoms with Crippen LogP contribution in [0.25, 0.3) is 0 Å². The summed E-state index contributed by atoms with van der Waals surface area (Å²) in [6.45, 7) is 2.20. The predicted octanol–water partition coefficient (Wildman–Crippen LogP) is 6.12. The van der Waals surface area contributed by atoms with Gasteiger partial charge in [0.1, 0.15) is 5.82 Å². The lowest BCUT2D eigenvalue weighted by Crippen LogP contribution is -2.36. The molecule has 1 aliphatic heterocycles. The van der Waals surface area contributed by atoms with Crippen LogP contribution in [0.4, 0.5) is 29.1 Å². The highest BCUT2D eigenvalue weighted by atomic mass is 35.5. The highest BCUT2D eigenvalue weighted by molar-refractivity contribution is 6.33. The molecule has 1 aliphatic carbocycles. The summed E-state index contributed by atoms with van der Waals surface area (Å²) < 4.78 is 54.1. The average molecular weight is 506 g/mol. The van der Waals surface area contributed by atoms with Crippen LogP contribution in [0, 0.1) is 17.2 Å². The number of hydrogen-bond acceptors (Lipinski definition) is 5. The number of rotatable bonds is 6. The van der Waals surface area contributed by atoms with Gasteiger partial charge in [0.05, 0.1) is 22.0 Å². The topological polar surface area (TPSA) is 45.2 Å². The maximum atomic E-state index is 14.0. The van der Waals surface area contributed by atoms with Crippen molar-refractivity contribution in [3.05, 3.63) is 77.0 Å². The van der Waals surface area contributed by atoms with Gasteiger partial charge in [0.25, 0.3) is 0 Å². The Bertz CT molecular complexity index is 1180. The Morgan fingerprint density at radius 1 is 1.09 bits per heavy atom. The van der Waals surface area contributed by atoms with Crippen LogP contribution >= 0.6 is 11.6 Å². The Labute approximate surface area is 205 Å². The van der Waals surface area contributed by atoms with Crippen LogP contribution in [0.15, 0.2) is 54.9 Å². The molecule has 0 radical (unpaired) electrons. The second-order valence-electron chi connectivity index (χ2n) is 9.32. The number of anilines is 2. The highest BCUT2D eigenvalue weighted by Gasteiger charge is 2.55. The van der Waals surface area contributed by atoms with Gasteiger partial charge in [-0.15, -0.1) is 5.10 Å². The Morgan fingerprint density at radius 2 is 1.86 bits per heavy atom. The van der Waals surface area contributed by atoms with E-state index < -0.39 is 11.7 Å². The van der Waals surface area contributed by atoms with Crippen molar-refractivity contribution in [3.8, 4) is 0 Å². The molecule has 1 saturated carbocycles. The second kappa shape index (κ2) is 9.35. The number of halogens is 5. The van der Waals surface area contributed by atoms with Crippen LogP contribution in [-0.4, -0.2) is 39.7 Å². The number of hydrogen-bond donors (Lipinski definition) is 0.